The second-order valence-electron chi connectivity index (χ2n) is 3.73. The van der Waals surface area contributed by atoms with Gasteiger partial charge in [-0.1, -0.05) is 12.1 Å². The lowest BCUT2D eigenvalue weighted by Gasteiger charge is -2.09. The number of aryl methyl sites for hydroxylation is 1. The van der Waals surface area contributed by atoms with Crippen LogP contribution in [-0.2, 0) is 4.79 Å². The van der Waals surface area contributed by atoms with Gasteiger partial charge < -0.3 is 5.32 Å². The van der Waals surface area contributed by atoms with Gasteiger partial charge in [0.05, 0.1) is 0 Å². The SMILES string of the molecule is Cc1ccc([C@@H]2CNC(=O)C2)c(F)c1. The van der Waals surface area contributed by atoms with E-state index in [0.717, 1.165) is 5.56 Å². The minimum Gasteiger partial charge on any atom is -0.355 e. The first-order chi connectivity index (χ1) is 6.66. The molecule has 1 aliphatic heterocycles. The lowest BCUT2D eigenvalue weighted by Crippen LogP contribution is -2.13. The zero-order valence-electron chi connectivity index (χ0n) is 8.01. The average Bonchev–Trinajstić information content (AvgIpc) is 2.51. The topological polar surface area (TPSA) is 29.1 Å². The largest absolute Gasteiger partial charge is 0.355 e. The van der Waals surface area contributed by atoms with Crippen LogP contribution in [0.1, 0.15) is 23.5 Å². The van der Waals surface area contributed by atoms with Gasteiger partial charge in [0.25, 0.3) is 0 Å². The molecule has 0 unspecified atom stereocenters. The van der Waals surface area contributed by atoms with E-state index in [4.69, 9.17) is 0 Å². The van der Waals surface area contributed by atoms with Crippen LogP contribution >= 0.6 is 0 Å². The molecule has 2 rings (SSSR count). The van der Waals surface area contributed by atoms with E-state index in [1.807, 2.05) is 13.0 Å². The molecule has 2 nitrogen and oxygen atoms in total. The Bertz CT molecular complexity index is 376. The Kier molecular flexibility index (Phi) is 2.23. The first-order valence-electron chi connectivity index (χ1n) is 4.69. The van der Waals surface area contributed by atoms with E-state index in [1.54, 1.807) is 6.07 Å². The summed E-state index contributed by atoms with van der Waals surface area (Å²) in [6.45, 7) is 2.41. The van der Waals surface area contributed by atoms with Crippen molar-refractivity contribution in [2.24, 2.45) is 0 Å². The maximum absolute atomic E-state index is 13.5. The molecule has 14 heavy (non-hydrogen) atoms. The summed E-state index contributed by atoms with van der Waals surface area (Å²) in [5.41, 5.74) is 1.55. The van der Waals surface area contributed by atoms with E-state index >= 15 is 0 Å². The fourth-order valence-corrected chi connectivity index (χ4v) is 1.79. The molecule has 74 valence electrons. The maximum atomic E-state index is 13.5. The van der Waals surface area contributed by atoms with E-state index in [-0.39, 0.29) is 17.6 Å². The first kappa shape index (κ1) is 9.19. The van der Waals surface area contributed by atoms with Crippen LogP contribution in [0.5, 0.6) is 0 Å². The summed E-state index contributed by atoms with van der Waals surface area (Å²) >= 11 is 0. The summed E-state index contributed by atoms with van der Waals surface area (Å²) in [4.78, 5) is 11.0. The van der Waals surface area contributed by atoms with Crippen LogP contribution in [0.2, 0.25) is 0 Å². The second kappa shape index (κ2) is 3.40. The first-order valence-corrected chi connectivity index (χ1v) is 4.69. The van der Waals surface area contributed by atoms with Gasteiger partial charge in [-0.25, -0.2) is 4.39 Å². The van der Waals surface area contributed by atoms with Gasteiger partial charge in [-0.3, -0.25) is 4.79 Å². The van der Waals surface area contributed by atoms with E-state index < -0.39 is 0 Å². The van der Waals surface area contributed by atoms with Crippen molar-refractivity contribution >= 4 is 5.91 Å². The number of halogens is 1. The van der Waals surface area contributed by atoms with Crippen LogP contribution < -0.4 is 5.32 Å². The second-order valence-corrected chi connectivity index (χ2v) is 3.73. The van der Waals surface area contributed by atoms with Gasteiger partial charge in [0, 0.05) is 18.9 Å². The van der Waals surface area contributed by atoms with E-state index in [2.05, 4.69) is 5.32 Å². The highest BCUT2D eigenvalue weighted by atomic mass is 19.1. The molecule has 0 aliphatic carbocycles. The summed E-state index contributed by atoms with van der Waals surface area (Å²) in [6.07, 6.45) is 0.403. The Morgan fingerprint density at radius 1 is 1.50 bits per heavy atom. The van der Waals surface area contributed by atoms with Crippen molar-refractivity contribution in [3.8, 4) is 0 Å². The molecule has 1 aromatic carbocycles. The standard InChI is InChI=1S/C11H12FNO/c1-7-2-3-9(10(12)4-7)8-5-11(14)13-6-8/h2-4,8H,5-6H2,1H3,(H,13,14)/t8-/m0/s1. The van der Waals surface area contributed by atoms with Crippen molar-refractivity contribution in [3.63, 3.8) is 0 Å². The molecular weight excluding hydrogens is 181 g/mol. The summed E-state index contributed by atoms with van der Waals surface area (Å²) < 4.78 is 13.5. The van der Waals surface area contributed by atoms with Crippen molar-refractivity contribution < 1.29 is 9.18 Å². The van der Waals surface area contributed by atoms with Crippen LogP contribution in [0, 0.1) is 12.7 Å². The monoisotopic (exact) mass is 193 g/mol. The fourth-order valence-electron chi connectivity index (χ4n) is 1.79. The average molecular weight is 193 g/mol. The van der Waals surface area contributed by atoms with Crippen LogP contribution in [0.3, 0.4) is 0 Å². The number of amides is 1. The summed E-state index contributed by atoms with van der Waals surface area (Å²) in [5.74, 6) is -0.190. The molecule has 1 atom stereocenters. The van der Waals surface area contributed by atoms with Crippen LogP contribution in [-0.4, -0.2) is 12.5 Å². The highest BCUT2D eigenvalue weighted by molar-refractivity contribution is 5.79. The van der Waals surface area contributed by atoms with Crippen molar-refractivity contribution in [3.05, 3.63) is 35.1 Å². The van der Waals surface area contributed by atoms with Crippen LogP contribution in [0.4, 0.5) is 4.39 Å². The molecule has 3 heteroatoms. The van der Waals surface area contributed by atoms with Crippen LogP contribution in [0.25, 0.3) is 0 Å². The normalized spacial score (nSPS) is 21.0. The number of carbonyl (C=O) groups is 1. The third-order valence-electron chi connectivity index (χ3n) is 2.57. The lowest BCUT2D eigenvalue weighted by molar-refractivity contribution is -0.119. The smallest absolute Gasteiger partial charge is 0.220 e. The molecule has 0 radical (unpaired) electrons. The highest BCUT2D eigenvalue weighted by Gasteiger charge is 2.24. The van der Waals surface area contributed by atoms with Gasteiger partial charge >= 0.3 is 0 Å². The minimum absolute atomic E-state index is 0.00287. The Hall–Kier alpha value is -1.38. The van der Waals surface area contributed by atoms with E-state index in [9.17, 15) is 9.18 Å². The Balaban J connectivity index is 2.28. The van der Waals surface area contributed by atoms with Crippen molar-refractivity contribution in [2.75, 3.05) is 6.54 Å². The maximum Gasteiger partial charge on any atom is 0.220 e. The molecule has 1 N–H and O–H groups in total. The Labute approximate surface area is 82.1 Å². The molecule has 1 heterocycles. The van der Waals surface area contributed by atoms with Gasteiger partial charge in [-0.05, 0) is 24.1 Å². The summed E-state index contributed by atoms with van der Waals surface area (Å²) in [7, 11) is 0. The number of hydrogen-bond donors (Lipinski definition) is 1. The van der Waals surface area contributed by atoms with Gasteiger partial charge in [0.1, 0.15) is 5.82 Å². The Morgan fingerprint density at radius 2 is 2.29 bits per heavy atom. The van der Waals surface area contributed by atoms with E-state index in [1.165, 1.54) is 6.07 Å². The van der Waals surface area contributed by atoms with Crippen molar-refractivity contribution in [1.29, 1.82) is 0 Å². The van der Waals surface area contributed by atoms with Crippen LogP contribution in [0.15, 0.2) is 18.2 Å². The number of benzene rings is 1. The number of carbonyl (C=O) groups excluding carboxylic acids is 1. The van der Waals surface area contributed by atoms with Gasteiger partial charge in [0.15, 0.2) is 0 Å². The molecule has 1 amide bonds. The summed E-state index contributed by atoms with van der Waals surface area (Å²) in [6, 6.07) is 5.16. The fraction of sp³-hybridized carbons (Fsp3) is 0.364. The predicted molar refractivity (Wildman–Crippen MR) is 51.5 cm³/mol. The molecule has 1 aliphatic rings. The van der Waals surface area contributed by atoms with Gasteiger partial charge in [-0.15, -0.1) is 0 Å². The minimum atomic E-state index is -0.202. The summed E-state index contributed by atoms with van der Waals surface area (Å²) in [5, 5.41) is 2.70. The number of nitrogens with one attached hydrogen (secondary N) is 1. The molecule has 0 bridgehead atoms. The van der Waals surface area contributed by atoms with Gasteiger partial charge in [0.2, 0.25) is 5.91 Å². The lowest BCUT2D eigenvalue weighted by atomic mass is 9.97. The molecule has 0 spiro atoms. The predicted octanol–water partition coefficient (Wildman–Crippen LogP) is 1.74. The third kappa shape index (κ3) is 1.62. The molecule has 1 aromatic rings. The van der Waals surface area contributed by atoms with Crippen molar-refractivity contribution in [1.82, 2.24) is 5.32 Å². The molecule has 0 aromatic heterocycles. The quantitative estimate of drug-likeness (QED) is 0.723. The molecule has 0 saturated carbocycles. The highest BCUT2D eigenvalue weighted by Crippen LogP contribution is 2.25. The zero-order chi connectivity index (χ0) is 10.1. The van der Waals surface area contributed by atoms with Crippen molar-refractivity contribution in [2.45, 2.75) is 19.3 Å². The number of hydrogen-bond acceptors (Lipinski definition) is 1. The molecule has 1 fully saturated rings. The molecule has 1 saturated heterocycles. The van der Waals surface area contributed by atoms with E-state index in [0.29, 0.717) is 18.5 Å². The number of rotatable bonds is 1. The third-order valence-corrected chi connectivity index (χ3v) is 2.57. The van der Waals surface area contributed by atoms with Gasteiger partial charge in [-0.2, -0.15) is 0 Å². The molecular formula is C11H12FNO. The Morgan fingerprint density at radius 3 is 2.86 bits per heavy atom. The zero-order valence-corrected chi connectivity index (χ0v) is 8.01.